The standard InChI is InChI=1S/C15H17N5O.C2H6O.C2H6/c1-2-21-15-18-13(16)12-14(19-15)20(10-17-12)9-11-7-5-3-4-6-8-11;1-3-2;1-2/h3-7,10H,2,8-9H2,1H3,(H2,16,18,19);1-2H3;1-2H3. The number of imidazole rings is 1. The van der Waals surface area contributed by atoms with Crippen LogP contribution >= 0.6 is 0 Å². The van der Waals surface area contributed by atoms with Crippen molar-refractivity contribution in [1.82, 2.24) is 19.5 Å². The normalized spacial score (nSPS) is 12.4. The molecule has 1 aliphatic rings. The molecule has 0 atom stereocenters. The Labute approximate surface area is 155 Å². The van der Waals surface area contributed by atoms with Gasteiger partial charge >= 0.3 is 6.01 Å². The second kappa shape index (κ2) is 11.8. The number of allylic oxidation sites excluding steroid dienone is 6. The van der Waals surface area contributed by atoms with Gasteiger partial charge in [-0.1, -0.05) is 44.2 Å². The van der Waals surface area contributed by atoms with Gasteiger partial charge in [-0.15, -0.1) is 0 Å². The highest BCUT2D eigenvalue weighted by Gasteiger charge is 2.12. The molecule has 1 aliphatic carbocycles. The second-order valence-electron chi connectivity index (χ2n) is 5.12. The molecule has 0 fully saturated rings. The van der Waals surface area contributed by atoms with Crippen molar-refractivity contribution in [3.63, 3.8) is 0 Å². The van der Waals surface area contributed by atoms with Crippen LogP contribution in [0, 0.1) is 0 Å². The molecule has 0 saturated heterocycles. The van der Waals surface area contributed by atoms with Gasteiger partial charge in [0.25, 0.3) is 0 Å². The van der Waals surface area contributed by atoms with Crippen molar-refractivity contribution in [2.24, 2.45) is 0 Å². The van der Waals surface area contributed by atoms with E-state index >= 15 is 0 Å². The van der Waals surface area contributed by atoms with Gasteiger partial charge in [0.15, 0.2) is 17.0 Å². The summed E-state index contributed by atoms with van der Waals surface area (Å²) in [6, 6.07) is 0.291. The highest BCUT2D eigenvalue weighted by molar-refractivity contribution is 5.81. The number of rotatable bonds is 4. The Morgan fingerprint density at radius 3 is 2.58 bits per heavy atom. The number of hydrogen-bond acceptors (Lipinski definition) is 6. The first kappa shape index (κ1) is 21.4. The van der Waals surface area contributed by atoms with Gasteiger partial charge in [-0.2, -0.15) is 9.97 Å². The van der Waals surface area contributed by atoms with Crippen molar-refractivity contribution in [3.8, 4) is 6.01 Å². The maximum absolute atomic E-state index is 5.91. The summed E-state index contributed by atoms with van der Waals surface area (Å²) in [7, 11) is 3.25. The number of anilines is 1. The molecule has 0 saturated carbocycles. The second-order valence-corrected chi connectivity index (χ2v) is 5.12. The first-order chi connectivity index (χ1) is 12.7. The van der Waals surface area contributed by atoms with E-state index in [0.717, 1.165) is 6.42 Å². The van der Waals surface area contributed by atoms with E-state index in [9.17, 15) is 0 Å². The third-order valence-corrected chi connectivity index (χ3v) is 3.19. The van der Waals surface area contributed by atoms with Crippen LogP contribution in [-0.4, -0.2) is 40.3 Å². The Morgan fingerprint density at radius 2 is 1.88 bits per heavy atom. The van der Waals surface area contributed by atoms with Crippen LogP contribution in [0.4, 0.5) is 5.82 Å². The highest BCUT2D eigenvalue weighted by Crippen LogP contribution is 2.21. The SMILES string of the molecule is CC.CCOc1nc(N)c2ncn(CC3=CC=CC=CC3)c2n1.COC. The number of aromatic nitrogens is 4. The van der Waals surface area contributed by atoms with Gasteiger partial charge in [0.2, 0.25) is 0 Å². The number of ether oxygens (including phenoxy) is 2. The van der Waals surface area contributed by atoms with E-state index < -0.39 is 0 Å². The molecule has 0 unspecified atom stereocenters. The topological polar surface area (TPSA) is 88.1 Å². The quantitative estimate of drug-likeness (QED) is 0.898. The summed E-state index contributed by atoms with van der Waals surface area (Å²) in [6.07, 6.45) is 13.0. The molecular formula is C19H29N5O2. The smallest absolute Gasteiger partial charge is 0.320 e. The van der Waals surface area contributed by atoms with E-state index in [0.29, 0.717) is 36.1 Å². The van der Waals surface area contributed by atoms with Crippen LogP contribution in [0.15, 0.2) is 42.3 Å². The van der Waals surface area contributed by atoms with Crippen LogP contribution in [0.2, 0.25) is 0 Å². The van der Waals surface area contributed by atoms with Crippen LogP contribution in [0.3, 0.4) is 0 Å². The van der Waals surface area contributed by atoms with Crippen LogP contribution in [0.5, 0.6) is 6.01 Å². The lowest BCUT2D eigenvalue weighted by Gasteiger charge is -2.07. The molecule has 7 nitrogen and oxygen atoms in total. The van der Waals surface area contributed by atoms with Crippen molar-refractivity contribution in [3.05, 3.63) is 42.3 Å². The van der Waals surface area contributed by atoms with Crippen LogP contribution in [-0.2, 0) is 11.3 Å². The monoisotopic (exact) mass is 359 g/mol. The van der Waals surface area contributed by atoms with E-state index in [4.69, 9.17) is 10.5 Å². The van der Waals surface area contributed by atoms with Crippen molar-refractivity contribution in [2.75, 3.05) is 26.6 Å². The van der Waals surface area contributed by atoms with E-state index in [-0.39, 0.29) is 0 Å². The summed E-state index contributed by atoms with van der Waals surface area (Å²) in [5.74, 6) is 0.344. The van der Waals surface area contributed by atoms with Crippen molar-refractivity contribution >= 4 is 17.0 Å². The summed E-state index contributed by atoms with van der Waals surface area (Å²) < 4.78 is 11.6. The number of hydrogen-bond donors (Lipinski definition) is 1. The van der Waals surface area contributed by atoms with Gasteiger partial charge in [-0.25, -0.2) is 4.98 Å². The number of nitrogens with zero attached hydrogens (tertiary/aromatic N) is 4. The van der Waals surface area contributed by atoms with E-state index in [1.54, 1.807) is 20.5 Å². The fourth-order valence-corrected chi connectivity index (χ4v) is 2.21. The van der Waals surface area contributed by atoms with Crippen molar-refractivity contribution in [2.45, 2.75) is 33.7 Å². The van der Waals surface area contributed by atoms with Crippen LogP contribution in [0.25, 0.3) is 11.2 Å². The minimum Gasteiger partial charge on any atom is -0.464 e. The Balaban J connectivity index is 0.000000615. The molecule has 0 radical (unpaired) electrons. The summed E-state index contributed by atoms with van der Waals surface area (Å²) in [4.78, 5) is 12.8. The zero-order valence-corrected chi connectivity index (χ0v) is 16.3. The molecule has 0 bridgehead atoms. The van der Waals surface area contributed by atoms with E-state index in [1.165, 1.54) is 5.57 Å². The Kier molecular flexibility index (Phi) is 9.71. The van der Waals surface area contributed by atoms with Crippen molar-refractivity contribution < 1.29 is 9.47 Å². The molecule has 2 N–H and O–H groups in total. The van der Waals surface area contributed by atoms with E-state index in [2.05, 4.69) is 31.8 Å². The lowest BCUT2D eigenvalue weighted by Crippen LogP contribution is -2.05. The largest absolute Gasteiger partial charge is 0.464 e. The molecule has 0 spiro atoms. The Bertz CT molecular complexity index is 763. The molecule has 2 aromatic rings. The first-order valence-corrected chi connectivity index (χ1v) is 8.72. The van der Waals surface area contributed by atoms with Gasteiger partial charge < -0.3 is 19.8 Å². The van der Waals surface area contributed by atoms with Gasteiger partial charge in [0.05, 0.1) is 12.9 Å². The number of nitrogen functional groups attached to an aromatic ring is 1. The molecular weight excluding hydrogens is 330 g/mol. The maximum Gasteiger partial charge on any atom is 0.320 e. The lowest BCUT2D eigenvalue weighted by atomic mass is 10.2. The van der Waals surface area contributed by atoms with Crippen LogP contribution in [0.1, 0.15) is 27.2 Å². The number of fused-ring (bicyclic) bond motifs is 1. The molecule has 0 aromatic carbocycles. The Morgan fingerprint density at radius 1 is 1.15 bits per heavy atom. The highest BCUT2D eigenvalue weighted by atomic mass is 16.5. The average Bonchev–Trinajstić information content (AvgIpc) is 2.86. The predicted octanol–water partition coefficient (Wildman–Crippen LogP) is 3.54. The lowest BCUT2D eigenvalue weighted by molar-refractivity contribution is 0.277. The molecule has 0 aliphatic heterocycles. The molecule has 3 rings (SSSR count). The zero-order valence-electron chi connectivity index (χ0n) is 16.3. The molecule has 2 aromatic heterocycles. The van der Waals surface area contributed by atoms with Gasteiger partial charge in [-0.05, 0) is 18.9 Å². The van der Waals surface area contributed by atoms with E-state index in [1.807, 2.05) is 43.6 Å². The summed E-state index contributed by atoms with van der Waals surface area (Å²) in [6.45, 7) is 7.10. The van der Waals surface area contributed by atoms with Crippen molar-refractivity contribution in [1.29, 1.82) is 0 Å². The maximum atomic E-state index is 5.91. The summed E-state index contributed by atoms with van der Waals surface area (Å²) in [5, 5.41) is 0. The summed E-state index contributed by atoms with van der Waals surface area (Å²) in [5.41, 5.74) is 8.50. The number of nitrogens with two attached hydrogens (primary N) is 1. The fraction of sp³-hybridized carbons (Fsp3) is 0.421. The summed E-state index contributed by atoms with van der Waals surface area (Å²) >= 11 is 0. The minimum atomic E-state index is 0.291. The van der Waals surface area contributed by atoms with Crippen LogP contribution < -0.4 is 10.5 Å². The minimum absolute atomic E-state index is 0.291. The molecule has 26 heavy (non-hydrogen) atoms. The van der Waals surface area contributed by atoms with Gasteiger partial charge in [0.1, 0.15) is 0 Å². The number of methoxy groups -OCH3 is 1. The first-order valence-electron chi connectivity index (χ1n) is 8.72. The third-order valence-electron chi connectivity index (χ3n) is 3.19. The fourth-order valence-electron chi connectivity index (χ4n) is 2.21. The predicted molar refractivity (Wildman–Crippen MR) is 106 cm³/mol. The molecule has 0 amide bonds. The molecule has 142 valence electrons. The Hall–Kier alpha value is -2.67. The van der Waals surface area contributed by atoms with Gasteiger partial charge in [-0.3, -0.25) is 0 Å². The third kappa shape index (κ3) is 6.00. The zero-order chi connectivity index (χ0) is 19.4. The van der Waals surface area contributed by atoms with Gasteiger partial charge in [0, 0.05) is 20.8 Å². The average molecular weight is 359 g/mol. The molecule has 7 heteroatoms. The molecule has 2 heterocycles.